The summed E-state index contributed by atoms with van der Waals surface area (Å²) in [5.41, 5.74) is 11.8. The van der Waals surface area contributed by atoms with Crippen LogP contribution < -0.4 is 5.73 Å². The Bertz CT molecular complexity index is 1410. The minimum atomic E-state index is -0.220. The third-order valence-corrected chi connectivity index (χ3v) is 5.85. The first-order valence-corrected chi connectivity index (χ1v) is 10.2. The third-order valence-electron chi connectivity index (χ3n) is 5.85. The number of nitrogens with two attached hydrogens (primary N) is 1. The Balaban J connectivity index is 1.91. The minimum absolute atomic E-state index is 0.116. The summed E-state index contributed by atoms with van der Waals surface area (Å²) in [5.74, 6) is 0.650. The van der Waals surface area contributed by atoms with E-state index < -0.39 is 0 Å². The number of rotatable bonds is 3. The largest absolute Gasteiger partial charge is 0.469 e. The first-order valence-electron chi connectivity index (χ1n) is 10.2. The Hall–Kier alpha value is -4.61. The number of allylic oxidation sites excluding steroid dienone is 2. The van der Waals surface area contributed by atoms with E-state index in [0.717, 1.165) is 28.0 Å². The molecule has 1 aliphatic rings. The summed E-state index contributed by atoms with van der Waals surface area (Å²) in [5, 5.41) is 20.1. The van der Waals surface area contributed by atoms with E-state index in [0.29, 0.717) is 28.8 Å². The molecular formula is C27H18N4O. The lowest BCUT2D eigenvalue weighted by molar-refractivity contribution is 0.486. The molecule has 0 amide bonds. The Labute approximate surface area is 185 Å². The predicted octanol–water partition coefficient (Wildman–Crippen LogP) is 5.77. The Morgan fingerprint density at radius 2 is 1.56 bits per heavy atom. The molecule has 2 aromatic carbocycles. The zero-order valence-electron chi connectivity index (χ0n) is 17.1. The summed E-state index contributed by atoms with van der Waals surface area (Å²) in [6, 6.07) is 27.8. The van der Waals surface area contributed by atoms with Gasteiger partial charge in [0.05, 0.1) is 17.5 Å². The molecule has 0 fully saturated rings. The van der Waals surface area contributed by atoms with Gasteiger partial charge >= 0.3 is 0 Å². The van der Waals surface area contributed by atoms with Gasteiger partial charge in [-0.2, -0.15) is 10.5 Å². The molecule has 5 rings (SSSR count). The predicted molar refractivity (Wildman–Crippen MR) is 123 cm³/mol. The Morgan fingerprint density at radius 3 is 2.16 bits per heavy atom. The van der Waals surface area contributed by atoms with E-state index in [4.69, 9.17) is 10.2 Å². The topological polar surface area (TPSA) is 99.6 Å². The molecule has 0 saturated heterocycles. The van der Waals surface area contributed by atoms with Crippen molar-refractivity contribution < 1.29 is 4.42 Å². The summed E-state index contributed by atoms with van der Waals surface area (Å²) in [7, 11) is 0. The van der Waals surface area contributed by atoms with Gasteiger partial charge in [0, 0.05) is 11.5 Å². The number of anilines is 1. The number of fused-ring (bicyclic) bond motifs is 1. The molecule has 0 aliphatic heterocycles. The Morgan fingerprint density at radius 1 is 0.875 bits per heavy atom. The van der Waals surface area contributed by atoms with Crippen LogP contribution in [-0.4, -0.2) is 4.98 Å². The van der Waals surface area contributed by atoms with E-state index in [2.05, 4.69) is 17.1 Å². The molecule has 4 aromatic rings. The van der Waals surface area contributed by atoms with Crippen molar-refractivity contribution in [3.63, 3.8) is 0 Å². The standard InChI is InChI=1S/C27H18N4O/c28-15-21-19(17-8-3-1-4-9-17)14-20(23-12-7-13-32-23)25-24(18-10-5-2-6-11-18)22(16-29)27(30)31-26(21)25/h1-13,20H,14H2,(H2,30,31). The zero-order valence-corrected chi connectivity index (χ0v) is 17.1. The van der Waals surface area contributed by atoms with Gasteiger partial charge in [0.1, 0.15) is 29.3 Å². The average molecular weight is 414 g/mol. The van der Waals surface area contributed by atoms with Gasteiger partial charge < -0.3 is 10.2 Å². The van der Waals surface area contributed by atoms with Crippen LogP contribution in [0.4, 0.5) is 5.82 Å². The second-order valence-corrected chi connectivity index (χ2v) is 7.59. The van der Waals surface area contributed by atoms with E-state index in [-0.39, 0.29) is 11.7 Å². The fourth-order valence-corrected chi connectivity index (χ4v) is 4.47. The number of aromatic nitrogens is 1. The summed E-state index contributed by atoms with van der Waals surface area (Å²) in [6.45, 7) is 0. The number of hydrogen-bond acceptors (Lipinski definition) is 5. The molecule has 1 aliphatic carbocycles. The first kappa shape index (κ1) is 19.4. The van der Waals surface area contributed by atoms with Gasteiger partial charge in [-0.3, -0.25) is 0 Å². The maximum absolute atomic E-state index is 10.2. The monoisotopic (exact) mass is 414 g/mol. The lowest BCUT2D eigenvalue weighted by atomic mass is 9.74. The number of benzene rings is 2. The van der Waals surface area contributed by atoms with Crippen molar-refractivity contribution in [3.05, 3.63) is 107 Å². The van der Waals surface area contributed by atoms with E-state index in [1.807, 2.05) is 72.8 Å². The molecule has 152 valence electrons. The summed E-state index contributed by atoms with van der Waals surface area (Å²) in [4.78, 5) is 4.59. The maximum atomic E-state index is 10.2. The second-order valence-electron chi connectivity index (χ2n) is 7.59. The highest BCUT2D eigenvalue weighted by molar-refractivity contribution is 6.01. The van der Waals surface area contributed by atoms with Crippen molar-refractivity contribution >= 4 is 17.0 Å². The highest BCUT2D eigenvalue weighted by atomic mass is 16.3. The summed E-state index contributed by atoms with van der Waals surface area (Å²) in [6.07, 6.45) is 2.18. The molecule has 32 heavy (non-hydrogen) atoms. The van der Waals surface area contributed by atoms with Gasteiger partial charge in [0.15, 0.2) is 0 Å². The average Bonchev–Trinajstić information content (AvgIpc) is 3.38. The van der Waals surface area contributed by atoms with Crippen molar-refractivity contribution in [2.45, 2.75) is 12.3 Å². The molecule has 1 unspecified atom stereocenters. The van der Waals surface area contributed by atoms with Crippen LogP contribution in [0, 0.1) is 22.7 Å². The van der Waals surface area contributed by atoms with Crippen molar-refractivity contribution in [3.8, 4) is 23.3 Å². The smallest absolute Gasteiger partial charge is 0.142 e. The number of nitriles is 2. The van der Waals surface area contributed by atoms with Crippen LogP contribution >= 0.6 is 0 Å². The molecular weight excluding hydrogens is 396 g/mol. The van der Waals surface area contributed by atoms with Gasteiger partial charge in [-0.1, -0.05) is 60.7 Å². The number of nitrogen functional groups attached to an aromatic ring is 1. The molecule has 5 heteroatoms. The fourth-order valence-electron chi connectivity index (χ4n) is 4.47. The Kier molecular flexibility index (Phi) is 4.78. The van der Waals surface area contributed by atoms with Gasteiger partial charge in [0.2, 0.25) is 0 Å². The lowest BCUT2D eigenvalue weighted by Gasteiger charge is -2.29. The number of nitrogens with zero attached hydrogens (tertiary/aromatic N) is 3. The lowest BCUT2D eigenvalue weighted by Crippen LogP contribution is -2.17. The third kappa shape index (κ3) is 3.05. The number of pyridine rings is 1. The van der Waals surface area contributed by atoms with Gasteiger partial charge in [-0.15, -0.1) is 0 Å². The van der Waals surface area contributed by atoms with Crippen LogP contribution in [0.2, 0.25) is 0 Å². The van der Waals surface area contributed by atoms with E-state index >= 15 is 0 Å². The van der Waals surface area contributed by atoms with Crippen LogP contribution in [0.3, 0.4) is 0 Å². The molecule has 0 radical (unpaired) electrons. The van der Waals surface area contributed by atoms with Crippen LogP contribution in [-0.2, 0) is 0 Å². The zero-order chi connectivity index (χ0) is 22.1. The highest BCUT2D eigenvalue weighted by Crippen LogP contribution is 2.50. The van der Waals surface area contributed by atoms with Crippen LogP contribution in [0.1, 0.15) is 40.5 Å². The van der Waals surface area contributed by atoms with E-state index in [9.17, 15) is 10.5 Å². The minimum Gasteiger partial charge on any atom is -0.469 e. The molecule has 0 saturated carbocycles. The maximum Gasteiger partial charge on any atom is 0.142 e. The highest BCUT2D eigenvalue weighted by Gasteiger charge is 2.35. The number of hydrogen-bond donors (Lipinski definition) is 1. The van der Waals surface area contributed by atoms with Crippen LogP contribution in [0.25, 0.3) is 22.3 Å². The summed E-state index contributed by atoms with van der Waals surface area (Å²) < 4.78 is 5.83. The van der Waals surface area contributed by atoms with E-state index in [1.54, 1.807) is 6.26 Å². The van der Waals surface area contributed by atoms with Gasteiger partial charge in [0.25, 0.3) is 0 Å². The normalized spacial score (nSPS) is 15.0. The number of furan rings is 1. The molecule has 0 spiro atoms. The molecule has 2 N–H and O–H groups in total. The van der Waals surface area contributed by atoms with Crippen molar-refractivity contribution in [1.29, 1.82) is 10.5 Å². The summed E-state index contributed by atoms with van der Waals surface area (Å²) >= 11 is 0. The molecule has 0 bridgehead atoms. The van der Waals surface area contributed by atoms with Crippen molar-refractivity contribution in [2.75, 3.05) is 5.73 Å². The van der Waals surface area contributed by atoms with Gasteiger partial charge in [-0.25, -0.2) is 4.98 Å². The van der Waals surface area contributed by atoms with Crippen LogP contribution in [0.5, 0.6) is 0 Å². The van der Waals surface area contributed by atoms with Crippen molar-refractivity contribution in [2.24, 2.45) is 0 Å². The van der Waals surface area contributed by atoms with Gasteiger partial charge in [-0.05, 0) is 40.8 Å². The van der Waals surface area contributed by atoms with Crippen LogP contribution in [0.15, 0.2) is 83.5 Å². The SMILES string of the molecule is N#CC1=C(c2ccccc2)CC(c2ccco2)c2c1nc(N)c(C#N)c2-c1ccccc1. The van der Waals surface area contributed by atoms with Crippen molar-refractivity contribution in [1.82, 2.24) is 4.98 Å². The quantitative estimate of drug-likeness (QED) is 0.459. The molecule has 1 atom stereocenters. The molecule has 2 heterocycles. The molecule has 2 aromatic heterocycles. The first-order chi connectivity index (χ1) is 15.7. The van der Waals surface area contributed by atoms with E-state index in [1.165, 1.54) is 0 Å². The second kappa shape index (κ2) is 7.91. The molecule has 5 nitrogen and oxygen atoms in total. The fraction of sp³-hybridized carbons (Fsp3) is 0.0741.